The van der Waals surface area contributed by atoms with Gasteiger partial charge in [-0.3, -0.25) is 4.79 Å². The lowest BCUT2D eigenvalue weighted by molar-refractivity contribution is 0.1000. The SMILES string of the molecule is [C-]#[N+]c1cc(C(=O)N=C(N)N)c(O)cc1OC. The zero-order valence-corrected chi connectivity index (χ0v) is 8.97. The Morgan fingerprint density at radius 3 is 2.65 bits per heavy atom. The van der Waals surface area contributed by atoms with Gasteiger partial charge in [0.15, 0.2) is 5.96 Å². The molecule has 0 bridgehead atoms. The molecule has 1 rings (SSSR count). The van der Waals surface area contributed by atoms with Crippen molar-refractivity contribution in [3.05, 3.63) is 29.1 Å². The maximum absolute atomic E-state index is 11.5. The van der Waals surface area contributed by atoms with E-state index in [1.807, 2.05) is 0 Å². The monoisotopic (exact) mass is 234 g/mol. The molecule has 0 aliphatic heterocycles. The van der Waals surface area contributed by atoms with Gasteiger partial charge in [-0.15, -0.1) is 0 Å². The molecule has 5 N–H and O–H groups in total. The third-order valence-corrected chi connectivity index (χ3v) is 1.88. The van der Waals surface area contributed by atoms with Gasteiger partial charge in [0.25, 0.3) is 5.91 Å². The van der Waals surface area contributed by atoms with E-state index >= 15 is 0 Å². The summed E-state index contributed by atoms with van der Waals surface area (Å²) in [7, 11) is 1.35. The standard InChI is InChI=1S/C10H10N4O3/c1-13-6-3-5(9(16)14-10(11)12)7(15)4-8(6)17-2/h3-4,15H,2H3,(H4,11,12,14,16). The number of methoxy groups -OCH3 is 1. The van der Waals surface area contributed by atoms with Gasteiger partial charge in [-0.2, -0.15) is 4.99 Å². The fourth-order valence-corrected chi connectivity index (χ4v) is 1.16. The molecule has 7 nitrogen and oxygen atoms in total. The van der Waals surface area contributed by atoms with E-state index < -0.39 is 11.9 Å². The summed E-state index contributed by atoms with van der Waals surface area (Å²) >= 11 is 0. The van der Waals surface area contributed by atoms with Crippen LogP contribution < -0.4 is 16.2 Å². The normalized spacial score (nSPS) is 9.18. The van der Waals surface area contributed by atoms with Gasteiger partial charge < -0.3 is 21.3 Å². The molecule has 0 fully saturated rings. The van der Waals surface area contributed by atoms with E-state index in [-0.39, 0.29) is 22.7 Å². The Morgan fingerprint density at radius 2 is 2.18 bits per heavy atom. The highest BCUT2D eigenvalue weighted by Gasteiger charge is 2.15. The molecule has 0 saturated carbocycles. The predicted molar refractivity (Wildman–Crippen MR) is 61.1 cm³/mol. The summed E-state index contributed by atoms with van der Waals surface area (Å²) in [6.45, 7) is 6.90. The van der Waals surface area contributed by atoms with Gasteiger partial charge in [-0.05, 0) is 6.07 Å². The quantitative estimate of drug-likeness (QED) is 0.388. The zero-order valence-electron chi connectivity index (χ0n) is 8.97. The second-order valence-corrected chi connectivity index (χ2v) is 2.99. The van der Waals surface area contributed by atoms with Crippen molar-refractivity contribution in [3.63, 3.8) is 0 Å². The van der Waals surface area contributed by atoms with Gasteiger partial charge >= 0.3 is 0 Å². The van der Waals surface area contributed by atoms with Crippen molar-refractivity contribution in [2.24, 2.45) is 16.5 Å². The highest BCUT2D eigenvalue weighted by Crippen LogP contribution is 2.34. The summed E-state index contributed by atoms with van der Waals surface area (Å²) in [5, 5.41) is 9.57. The Bertz CT molecular complexity index is 527. The van der Waals surface area contributed by atoms with Gasteiger partial charge in [-0.1, -0.05) is 0 Å². The lowest BCUT2D eigenvalue weighted by Crippen LogP contribution is -2.24. The number of benzene rings is 1. The maximum atomic E-state index is 11.5. The van der Waals surface area contributed by atoms with Crippen LogP contribution in [0.15, 0.2) is 17.1 Å². The number of guanidine groups is 1. The first-order valence-corrected chi connectivity index (χ1v) is 4.42. The smallest absolute Gasteiger partial charge is 0.282 e. The van der Waals surface area contributed by atoms with E-state index in [9.17, 15) is 9.90 Å². The van der Waals surface area contributed by atoms with E-state index in [4.69, 9.17) is 22.8 Å². The van der Waals surface area contributed by atoms with Crippen molar-refractivity contribution in [1.82, 2.24) is 0 Å². The number of phenols is 1. The van der Waals surface area contributed by atoms with Gasteiger partial charge in [0.05, 0.1) is 19.2 Å². The number of hydrogen-bond donors (Lipinski definition) is 3. The number of carbonyl (C=O) groups is 1. The Balaban J connectivity index is 3.32. The van der Waals surface area contributed by atoms with Crippen molar-refractivity contribution in [2.75, 3.05) is 7.11 Å². The average Bonchev–Trinajstić information content (AvgIpc) is 2.27. The molecule has 0 unspecified atom stereocenters. The van der Waals surface area contributed by atoms with Gasteiger partial charge in [-0.25, -0.2) is 4.85 Å². The van der Waals surface area contributed by atoms with Crippen LogP contribution in [0.2, 0.25) is 0 Å². The van der Waals surface area contributed by atoms with E-state index in [0.29, 0.717) is 0 Å². The van der Waals surface area contributed by atoms with Crippen LogP contribution in [-0.2, 0) is 0 Å². The van der Waals surface area contributed by atoms with E-state index in [1.165, 1.54) is 7.11 Å². The third-order valence-electron chi connectivity index (χ3n) is 1.88. The van der Waals surface area contributed by atoms with E-state index in [1.54, 1.807) is 0 Å². The highest BCUT2D eigenvalue weighted by molar-refractivity contribution is 6.04. The number of aromatic hydroxyl groups is 1. The Hall–Kier alpha value is -2.75. The second-order valence-electron chi connectivity index (χ2n) is 2.99. The molecule has 0 spiro atoms. The van der Waals surface area contributed by atoms with Gasteiger partial charge in [0.1, 0.15) is 11.5 Å². The average molecular weight is 234 g/mol. The molecule has 88 valence electrons. The molecule has 7 heteroatoms. The minimum absolute atomic E-state index is 0.0828. The van der Waals surface area contributed by atoms with Crippen LogP contribution in [0.1, 0.15) is 10.4 Å². The molecule has 0 atom stereocenters. The molecular weight excluding hydrogens is 224 g/mol. The summed E-state index contributed by atoms with van der Waals surface area (Å²) in [6, 6.07) is 2.32. The van der Waals surface area contributed by atoms with Crippen LogP contribution >= 0.6 is 0 Å². The predicted octanol–water partition coefficient (Wildman–Crippen LogP) is 0.365. The zero-order chi connectivity index (χ0) is 13.0. The molecule has 0 aliphatic rings. The first-order chi connectivity index (χ1) is 7.99. The summed E-state index contributed by atoms with van der Waals surface area (Å²) in [4.78, 5) is 17.9. The van der Waals surface area contributed by atoms with Gasteiger partial charge in [0.2, 0.25) is 5.69 Å². The van der Waals surface area contributed by atoms with Crippen molar-refractivity contribution in [2.45, 2.75) is 0 Å². The van der Waals surface area contributed by atoms with Crippen molar-refractivity contribution < 1.29 is 14.6 Å². The number of phenolic OH excluding ortho intramolecular Hbond substituents is 1. The third kappa shape index (κ3) is 2.63. The molecule has 1 aromatic carbocycles. The Labute approximate surface area is 97.1 Å². The summed E-state index contributed by atoms with van der Waals surface area (Å²) < 4.78 is 4.86. The first kappa shape index (κ1) is 12.3. The van der Waals surface area contributed by atoms with Crippen LogP contribution in [0.4, 0.5) is 5.69 Å². The molecule has 1 aromatic rings. The summed E-state index contributed by atoms with van der Waals surface area (Å²) in [5.74, 6) is -1.44. The molecule has 0 aromatic heterocycles. The van der Waals surface area contributed by atoms with Crippen molar-refractivity contribution >= 4 is 17.6 Å². The van der Waals surface area contributed by atoms with Crippen LogP contribution in [0, 0.1) is 6.57 Å². The Kier molecular flexibility index (Phi) is 3.51. The molecule has 0 radical (unpaired) electrons. The molecule has 0 aliphatic carbocycles. The lowest BCUT2D eigenvalue weighted by Gasteiger charge is -2.06. The second kappa shape index (κ2) is 4.85. The first-order valence-electron chi connectivity index (χ1n) is 4.42. The van der Waals surface area contributed by atoms with Gasteiger partial charge in [0, 0.05) is 6.07 Å². The van der Waals surface area contributed by atoms with Crippen LogP contribution in [0.3, 0.4) is 0 Å². The number of amides is 1. The van der Waals surface area contributed by atoms with Crippen LogP contribution in [-0.4, -0.2) is 24.1 Å². The van der Waals surface area contributed by atoms with Crippen molar-refractivity contribution in [1.29, 1.82) is 0 Å². The maximum Gasteiger partial charge on any atom is 0.282 e. The lowest BCUT2D eigenvalue weighted by atomic mass is 10.1. The number of nitrogens with zero attached hydrogens (tertiary/aromatic N) is 2. The van der Waals surface area contributed by atoms with E-state index in [0.717, 1.165) is 12.1 Å². The number of hydrogen-bond acceptors (Lipinski definition) is 3. The summed E-state index contributed by atoms with van der Waals surface area (Å²) in [5.41, 5.74) is 10.0. The van der Waals surface area contributed by atoms with Crippen molar-refractivity contribution in [3.8, 4) is 11.5 Å². The number of nitrogens with two attached hydrogens (primary N) is 2. The molecule has 0 heterocycles. The van der Waals surface area contributed by atoms with E-state index in [2.05, 4.69) is 9.84 Å². The minimum atomic E-state index is -0.824. The number of ether oxygens (including phenoxy) is 1. The highest BCUT2D eigenvalue weighted by atomic mass is 16.5. The molecule has 0 saturated heterocycles. The summed E-state index contributed by atoms with van der Waals surface area (Å²) in [6.07, 6.45) is 0. The molecular formula is C10H10N4O3. The number of carbonyl (C=O) groups excluding carboxylic acids is 1. The van der Waals surface area contributed by atoms with Crippen LogP contribution in [0.5, 0.6) is 11.5 Å². The molecule has 1 amide bonds. The van der Waals surface area contributed by atoms with Crippen LogP contribution in [0.25, 0.3) is 4.85 Å². The fourth-order valence-electron chi connectivity index (χ4n) is 1.16. The largest absolute Gasteiger partial charge is 0.508 e. The minimum Gasteiger partial charge on any atom is -0.508 e. The molecule has 17 heavy (non-hydrogen) atoms. The fraction of sp³-hybridized carbons (Fsp3) is 0.100. The Morgan fingerprint density at radius 1 is 1.53 bits per heavy atom. The topological polar surface area (TPSA) is 115 Å². The number of aliphatic imine (C=N–C) groups is 1. The number of rotatable bonds is 2.